The van der Waals surface area contributed by atoms with Crippen molar-refractivity contribution in [3.63, 3.8) is 0 Å². The van der Waals surface area contributed by atoms with Crippen LogP contribution in [0.1, 0.15) is 25.8 Å². The van der Waals surface area contributed by atoms with Gasteiger partial charge < -0.3 is 9.88 Å². The molecule has 0 spiro atoms. The molecule has 2 aromatic rings. The Bertz CT molecular complexity index is 537. The molecule has 0 bridgehead atoms. The Balaban J connectivity index is 2.31. The molecular weight excluding hydrogens is 220 g/mol. The highest BCUT2D eigenvalue weighted by Crippen LogP contribution is 2.22. The Kier molecular flexibility index (Phi) is 4.21. The predicted molar refractivity (Wildman–Crippen MR) is 78.7 cm³/mol. The van der Waals surface area contributed by atoms with E-state index in [9.17, 15) is 0 Å². The van der Waals surface area contributed by atoms with Crippen LogP contribution in [0, 0.1) is 0 Å². The minimum Gasteiger partial charge on any atom is -0.343 e. The molecule has 2 heteroatoms. The van der Waals surface area contributed by atoms with E-state index in [1.54, 1.807) is 0 Å². The first kappa shape index (κ1) is 12.9. The van der Waals surface area contributed by atoms with E-state index in [0.29, 0.717) is 0 Å². The van der Waals surface area contributed by atoms with Crippen LogP contribution in [-0.2, 0) is 13.1 Å². The standard InChI is InChI=1S/C16H22N2/c1-4-9-17-10-14-12-18(11-13(2)3)16-8-6-5-7-15(14)16/h5-8,12,17H,2,4,9-11H2,1,3H3. The molecule has 1 aromatic heterocycles. The summed E-state index contributed by atoms with van der Waals surface area (Å²) in [6, 6.07) is 8.59. The fourth-order valence-electron chi connectivity index (χ4n) is 2.29. The van der Waals surface area contributed by atoms with Crippen molar-refractivity contribution in [3.8, 4) is 0 Å². The summed E-state index contributed by atoms with van der Waals surface area (Å²) in [6.07, 6.45) is 3.42. The van der Waals surface area contributed by atoms with E-state index in [2.05, 4.69) is 60.8 Å². The maximum absolute atomic E-state index is 4.01. The first-order chi connectivity index (χ1) is 8.72. The van der Waals surface area contributed by atoms with Gasteiger partial charge in [-0.3, -0.25) is 0 Å². The number of fused-ring (bicyclic) bond motifs is 1. The second kappa shape index (κ2) is 5.87. The second-order valence-electron chi connectivity index (χ2n) is 4.93. The number of hydrogen-bond acceptors (Lipinski definition) is 1. The molecule has 1 N–H and O–H groups in total. The molecule has 0 fully saturated rings. The molecule has 96 valence electrons. The van der Waals surface area contributed by atoms with Crippen molar-refractivity contribution >= 4 is 10.9 Å². The molecule has 2 rings (SSSR count). The van der Waals surface area contributed by atoms with Gasteiger partial charge in [0.1, 0.15) is 0 Å². The first-order valence-electron chi connectivity index (χ1n) is 6.64. The SMILES string of the molecule is C=C(C)Cn1cc(CNCCC)c2ccccc21. The van der Waals surface area contributed by atoms with Crippen molar-refractivity contribution in [3.05, 3.63) is 48.2 Å². The van der Waals surface area contributed by atoms with Crippen LogP contribution in [0.25, 0.3) is 10.9 Å². The average Bonchev–Trinajstić information content (AvgIpc) is 2.68. The molecule has 1 aromatic carbocycles. The van der Waals surface area contributed by atoms with E-state index >= 15 is 0 Å². The maximum Gasteiger partial charge on any atom is 0.0486 e. The Morgan fingerprint density at radius 3 is 2.83 bits per heavy atom. The predicted octanol–water partition coefficient (Wildman–Crippen LogP) is 3.72. The molecule has 0 aliphatic rings. The van der Waals surface area contributed by atoms with Crippen molar-refractivity contribution < 1.29 is 0 Å². The van der Waals surface area contributed by atoms with Gasteiger partial charge in [0.05, 0.1) is 0 Å². The van der Waals surface area contributed by atoms with Gasteiger partial charge in [-0.2, -0.15) is 0 Å². The number of nitrogens with one attached hydrogen (secondary N) is 1. The van der Waals surface area contributed by atoms with Crippen LogP contribution in [0.5, 0.6) is 0 Å². The number of allylic oxidation sites excluding steroid dienone is 1. The van der Waals surface area contributed by atoms with Gasteiger partial charge in [0.2, 0.25) is 0 Å². The van der Waals surface area contributed by atoms with Gasteiger partial charge >= 0.3 is 0 Å². The van der Waals surface area contributed by atoms with Crippen LogP contribution in [0.3, 0.4) is 0 Å². The zero-order chi connectivity index (χ0) is 13.0. The summed E-state index contributed by atoms with van der Waals surface area (Å²) in [5.41, 5.74) is 3.86. The number of nitrogens with zero attached hydrogens (tertiary/aromatic N) is 1. The van der Waals surface area contributed by atoms with Gasteiger partial charge in [0.15, 0.2) is 0 Å². The minimum atomic E-state index is 0.897. The Hall–Kier alpha value is -1.54. The molecule has 0 saturated heterocycles. The summed E-state index contributed by atoms with van der Waals surface area (Å²) in [5, 5.41) is 4.82. The van der Waals surface area contributed by atoms with Gasteiger partial charge in [0, 0.05) is 30.2 Å². The summed E-state index contributed by atoms with van der Waals surface area (Å²) in [6.45, 7) is 11.2. The Morgan fingerprint density at radius 1 is 1.33 bits per heavy atom. The van der Waals surface area contributed by atoms with E-state index in [1.165, 1.54) is 28.5 Å². The maximum atomic E-state index is 4.01. The number of benzene rings is 1. The van der Waals surface area contributed by atoms with Crippen LogP contribution in [0.4, 0.5) is 0 Å². The number of para-hydroxylation sites is 1. The number of hydrogen-bond donors (Lipinski definition) is 1. The van der Waals surface area contributed by atoms with E-state index in [0.717, 1.165) is 19.6 Å². The van der Waals surface area contributed by atoms with E-state index in [1.807, 2.05) is 0 Å². The molecule has 0 aliphatic carbocycles. The van der Waals surface area contributed by atoms with Crippen molar-refractivity contribution in [1.82, 2.24) is 9.88 Å². The zero-order valence-electron chi connectivity index (χ0n) is 11.4. The lowest BCUT2D eigenvalue weighted by Crippen LogP contribution is -2.13. The summed E-state index contributed by atoms with van der Waals surface area (Å²) in [4.78, 5) is 0. The fraction of sp³-hybridized carbons (Fsp3) is 0.375. The number of rotatable bonds is 6. The van der Waals surface area contributed by atoms with Gasteiger partial charge in [-0.15, -0.1) is 0 Å². The normalized spacial score (nSPS) is 11.0. The van der Waals surface area contributed by atoms with Gasteiger partial charge in [-0.25, -0.2) is 0 Å². The molecule has 0 aliphatic heterocycles. The fourth-order valence-corrected chi connectivity index (χ4v) is 2.29. The highest BCUT2D eigenvalue weighted by molar-refractivity contribution is 5.84. The molecule has 0 amide bonds. The topological polar surface area (TPSA) is 17.0 Å². The smallest absolute Gasteiger partial charge is 0.0486 e. The summed E-state index contributed by atoms with van der Waals surface area (Å²) < 4.78 is 2.29. The highest BCUT2D eigenvalue weighted by Gasteiger charge is 2.07. The molecule has 18 heavy (non-hydrogen) atoms. The molecule has 2 nitrogen and oxygen atoms in total. The third kappa shape index (κ3) is 2.82. The largest absolute Gasteiger partial charge is 0.343 e. The first-order valence-corrected chi connectivity index (χ1v) is 6.64. The molecule has 0 atom stereocenters. The van der Waals surface area contributed by atoms with Crippen LogP contribution in [-0.4, -0.2) is 11.1 Å². The van der Waals surface area contributed by atoms with Crippen molar-refractivity contribution in [1.29, 1.82) is 0 Å². The minimum absolute atomic E-state index is 0.897. The van der Waals surface area contributed by atoms with E-state index in [4.69, 9.17) is 0 Å². The van der Waals surface area contributed by atoms with Crippen LogP contribution in [0.2, 0.25) is 0 Å². The Morgan fingerprint density at radius 2 is 2.11 bits per heavy atom. The monoisotopic (exact) mass is 242 g/mol. The van der Waals surface area contributed by atoms with Gasteiger partial charge in [-0.05, 0) is 31.5 Å². The molecule has 0 saturated carbocycles. The second-order valence-corrected chi connectivity index (χ2v) is 4.93. The quantitative estimate of drug-likeness (QED) is 0.603. The lowest BCUT2D eigenvalue weighted by atomic mass is 10.2. The van der Waals surface area contributed by atoms with Crippen LogP contribution < -0.4 is 5.32 Å². The van der Waals surface area contributed by atoms with E-state index in [-0.39, 0.29) is 0 Å². The van der Waals surface area contributed by atoms with Crippen molar-refractivity contribution in [2.24, 2.45) is 0 Å². The zero-order valence-corrected chi connectivity index (χ0v) is 11.4. The summed E-state index contributed by atoms with van der Waals surface area (Å²) in [7, 11) is 0. The molecular formula is C16H22N2. The third-order valence-corrected chi connectivity index (χ3v) is 3.05. The highest BCUT2D eigenvalue weighted by atomic mass is 15.0. The van der Waals surface area contributed by atoms with Gasteiger partial charge in [0.25, 0.3) is 0 Å². The Labute approximate surface area is 109 Å². The summed E-state index contributed by atoms with van der Waals surface area (Å²) >= 11 is 0. The van der Waals surface area contributed by atoms with E-state index < -0.39 is 0 Å². The lowest BCUT2D eigenvalue weighted by Gasteiger charge is -2.03. The average molecular weight is 242 g/mol. The summed E-state index contributed by atoms with van der Waals surface area (Å²) in [5.74, 6) is 0. The van der Waals surface area contributed by atoms with Crippen molar-refractivity contribution in [2.45, 2.75) is 33.4 Å². The van der Waals surface area contributed by atoms with Gasteiger partial charge in [-0.1, -0.05) is 37.3 Å². The van der Waals surface area contributed by atoms with Crippen LogP contribution in [0.15, 0.2) is 42.6 Å². The molecule has 0 radical (unpaired) electrons. The number of aromatic nitrogens is 1. The third-order valence-electron chi connectivity index (χ3n) is 3.05. The molecule has 0 unspecified atom stereocenters. The molecule has 1 heterocycles. The lowest BCUT2D eigenvalue weighted by molar-refractivity contribution is 0.675. The van der Waals surface area contributed by atoms with Crippen molar-refractivity contribution in [2.75, 3.05) is 6.54 Å². The van der Waals surface area contributed by atoms with Crippen LogP contribution >= 0.6 is 0 Å².